The Bertz CT molecular complexity index is 458. The summed E-state index contributed by atoms with van der Waals surface area (Å²) < 4.78 is 5.37. The molecule has 1 heterocycles. The SMILES string of the molecule is Cc1cc(Cl)cc2c1OCCC2(O)C(=O)O. The van der Waals surface area contributed by atoms with Crippen molar-refractivity contribution in [3.63, 3.8) is 0 Å². The van der Waals surface area contributed by atoms with E-state index in [4.69, 9.17) is 21.4 Å². The van der Waals surface area contributed by atoms with Crippen LogP contribution >= 0.6 is 11.6 Å². The molecule has 86 valence electrons. The second-order valence-electron chi connectivity index (χ2n) is 3.86. The Hall–Kier alpha value is -1.26. The molecular weight excluding hydrogens is 232 g/mol. The molecule has 0 radical (unpaired) electrons. The number of hydrogen-bond donors (Lipinski definition) is 2. The number of carbonyl (C=O) groups is 1. The van der Waals surface area contributed by atoms with Gasteiger partial charge in [-0.15, -0.1) is 0 Å². The van der Waals surface area contributed by atoms with Crippen LogP contribution in [0.4, 0.5) is 0 Å². The maximum absolute atomic E-state index is 11.1. The topological polar surface area (TPSA) is 66.8 Å². The van der Waals surface area contributed by atoms with Crippen molar-refractivity contribution in [3.05, 3.63) is 28.3 Å². The summed E-state index contributed by atoms with van der Waals surface area (Å²) in [6.07, 6.45) is 0.0229. The van der Waals surface area contributed by atoms with E-state index in [1.807, 2.05) is 0 Å². The molecule has 1 aromatic rings. The number of hydrogen-bond acceptors (Lipinski definition) is 3. The fourth-order valence-corrected chi connectivity index (χ4v) is 2.16. The quantitative estimate of drug-likeness (QED) is 0.787. The minimum Gasteiger partial charge on any atom is -0.493 e. The molecule has 0 bridgehead atoms. The summed E-state index contributed by atoms with van der Waals surface area (Å²) in [4.78, 5) is 11.1. The molecule has 1 atom stereocenters. The van der Waals surface area contributed by atoms with Crippen molar-refractivity contribution < 1.29 is 19.7 Å². The summed E-state index contributed by atoms with van der Waals surface area (Å²) in [5, 5.41) is 19.6. The van der Waals surface area contributed by atoms with Crippen LogP contribution < -0.4 is 4.74 Å². The van der Waals surface area contributed by atoms with E-state index in [-0.39, 0.29) is 18.6 Å². The van der Waals surface area contributed by atoms with Crippen molar-refractivity contribution >= 4 is 17.6 Å². The lowest BCUT2D eigenvalue weighted by atomic mass is 9.87. The van der Waals surface area contributed by atoms with Gasteiger partial charge in [0, 0.05) is 17.0 Å². The molecule has 1 aliphatic rings. The maximum Gasteiger partial charge on any atom is 0.340 e. The maximum atomic E-state index is 11.1. The Labute approximate surface area is 97.4 Å². The number of aliphatic carboxylic acids is 1. The standard InChI is InChI=1S/C11H11ClO4/c1-6-4-7(12)5-8-9(6)16-3-2-11(8,15)10(13)14/h4-5,15H,2-3H2,1H3,(H,13,14). The van der Waals surface area contributed by atoms with Crippen LogP contribution in [0.2, 0.25) is 5.02 Å². The van der Waals surface area contributed by atoms with Gasteiger partial charge in [0.25, 0.3) is 0 Å². The summed E-state index contributed by atoms with van der Waals surface area (Å²) in [5.41, 5.74) is -0.943. The van der Waals surface area contributed by atoms with Crippen LogP contribution in [-0.4, -0.2) is 22.8 Å². The normalized spacial score (nSPS) is 23.4. The van der Waals surface area contributed by atoms with Crippen LogP contribution in [0.1, 0.15) is 17.5 Å². The molecule has 0 saturated carbocycles. The molecule has 0 spiro atoms. The second kappa shape index (κ2) is 3.64. The van der Waals surface area contributed by atoms with Gasteiger partial charge < -0.3 is 14.9 Å². The van der Waals surface area contributed by atoms with Crippen LogP contribution in [0.15, 0.2) is 12.1 Å². The zero-order chi connectivity index (χ0) is 11.9. The van der Waals surface area contributed by atoms with Gasteiger partial charge in [-0.3, -0.25) is 0 Å². The van der Waals surface area contributed by atoms with E-state index in [1.54, 1.807) is 13.0 Å². The number of halogens is 1. The lowest BCUT2D eigenvalue weighted by Crippen LogP contribution is -2.40. The van der Waals surface area contributed by atoms with Crippen molar-refractivity contribution in [1.82, 2.24) is 0 Å². The summed E-state index contributed by atoms with van der Waals surface area (Å²) >= 11 is 5.85. The van der Waals surface area contributed by atoms with Crippen molar-refractivity contribution in [2.24, 2.45) is 0 Å². The molecule has 16 heavy (non-hydrogen) atoms. The summed E-state index contributed by atoms with van der Waals surface area (Å²) in [6.45, 7) is 1.94. The third-order valence-corrected chi connectivity index (χ3v) is 2.97. The average molecular weight is 243 g/mol. The Balaban J connectivity index is 2.67. The van der Waals surface area contributed by atoms with Crippen LogP contribution in [0.25, 0.3) is 0 Å². The minimum absolute atomic E-state index is 0.0229. The first-order chi connectivity index (χ1) is 7.45. The predicted molar refractivity (Wildman–Crippen MR) is 57.8 cm³/mol. The fraction of sp³-hybridized carbons (Fsp3) is 0.364. The highest BCUT2D eigenvalue weighted by Crippen LogP contribution is 2.40. The lowest BCUT2D eigenvalue weighted by molar-refractivity contribution is -0.162. The third kappa shape index (κ3) is 1.54. The Morgan fingerprint density at radius 2 is 2.25 bits per heavy atom. The molecular formula is C11H11ClO4. The molecule has 1 unspecified atom stereocenters. The molecule has 2 rings (SSSR count). The lowest BCUT2D eigenvalue weighted by Gasteiger charge is -2.31. The third-order valence-electron chi connectivity index (χ3n) is 2.75. The van der Waals surface area contributed by atoms with E-state index in [9.17, 15) is 9.90 Å². The predicted octanol–water partition coefficient (Wildman–Crippen LogP) is 1.70. The summed E-state index contributed by atoms with van der Waals surface area (Å²) in [7, 11) is 0. The van der Waals surface area contributed by atoms with Gasteiger partial charge >= 0.3 is 5.97 Å². The van der Waals surface area contributed by atoms with Crippen LogP contribution in [0, 0.1) is 6.92 Å². The first-order valence-corrected chi connectivity index (χ1v) is 5.22. The van der Waals surface area contributed by atoms with Gasteiger partial charge in [-0.2, -0.15) is 0 Å². The summed E-state index contributed by atoms with van der Waals surface area (Å²) in [5.74, 6) is -0.862. The van der Waals surface area contributed by atoms with Gasteiger partial charge in [0.05, 0.1) is 6.61 Å². The monoisotopic (exact) mass is 242 g/mol. The molecule has 0 amide bonds. The molecule has 1 aromatic carbocycles. The molecule has 0 aromatic heterocycles. The van der Waals surface area contributed by atoms with Gasteiger partial charge in [-0.25, -0.2) is 4.79 Å². The van der Waals surface area contributed by atoms with Gasteiger partial charge in [-0.05, 0) is 24.6 Å². The van der Waals surface area contributed by atoms with E-state index >= 15 is 0 Å². The Morgan fingerprint density at radius 3 is 2.88 bits per heavy atom. The second-order valence-corrected chi connectivity index (χ2v) is 4.30. The first kappa shape index (κ1) is 11.2. The molecule has 4 nitrogen and oxygen atoms in total. The smallest absolute Gasteiger partial charge is 0.340 e. The minimum atomic E-state index is -1.90. The molecule has 1 aliphatic heterocycles. The largest absolute Gasteiger partial charge is 0.493 e. The average Bonchev–Trinajstić information content (AvgIpc) is 2.19. The van der Waals surface area contributed by atoms with Gasteiger partial charge in [0.1, 0.15) is 5.75 Å². The van der Waals surface area contributed by atoms with Gasteiger partial charge in [-0.1, -0.05) is 11.6 Å². The zero-order valence-electron chi connectivity index (χ0n) is 8.66. The number of ether oxygens (including phenoxy) is 1. The Morgan fingerprint density at radius 1 is 1.56 bits per heavy atom. The fourth-order valence-electron chi connectivity index (χ4n) is 1.89. The van der Waals surface area contributed by atoms with Crippen LogP contribution in [0.5, 0.6) is 5.75 Å². The Kier molecular flexibility index (Phi) is 2.56. The molecule has 5 heteroatoms. The number of carboxylic acid groups (broad SMARTS) is 1. The van der Waals surface area contributed by atoms with Gasteiger partial charge in [0.2, 0.25) is 0 Å². The molecule has 2 N–H and O–H groups in total. The van der Waals surface area contributed by atoms with Crippen molar-refractivity contribution in [2.75, 3.05) is 6.61 Å². The van der Waals surface area contributed by atoms with Crippen LogP contribution in [-0.2, 0) is 10.4 Å². The summed E-state index contributed by atoms with van der Waals surface area (Å²) in [6, 6.07) is 3.12. The van der Waals surface area contributed by atoms with E-state index in [1.165, 1.54) is 6.07 Å². The number of carboxylic acids is 1. The van der Waals surface area contributed by atoms with E-state index in [0.29, 0.717) is 10.8 Å². The van der Waals surface area contributed by atoms with Crippen molar-refractivity contribution in [3.8, 4) is 5.75 Å². The molecule has 0 saturated heterocycles. The highest BCUT2D eigenvalue weighted by Gasteiger charge is 2.43. The van der Waals surface area contributed by atoms with E-state index in [0.717, 1.165) is 5.56 Å². The molecule has 0 aliphatic carbocycles. The number of rotatable bonds is 1. The highest BCUT2D eigenvalue weighted by molar-refractivity contribution is 6.30. The number of fused-ring (bicyclic) bond motifs is 1. The van der Waals surface area contributed by atoms with Crippen molar-refractivity contribution in [2.45, 2.75) is 18.9 Å². The zero-order valence-corrected chi connectivity index (χ0v) is 9.41. The first-order valence-electron chi connectivity index (χ1n) is 4.84. The van der Waals surface area contributed by atoms with Crippen LogP contribution in [0.3, 0.4) is 0 Å². The number of benzene rings is 1. The van der Waals surface area contributed by atoms with E-state index in [2.05, 4.69) is 0 Å². The van der Waals surface area contributed by atoms with Gasteiger partial charge in [0.15, 0.2) is 5.60 Å². The van der Waals surface area contributed by atoms with Crippen molar-refractivity contribution in [1.29, 1.82) is 0 Å². The molecule has 0 fully saturated rings. The number of aryl methyl sites for hydroxylation is 1. The number of aliphatic hydroxyl groups is 1. The highest BCUT2D eigenvalue weighted by atomic mass is 35.5. The van der Waals surface area contributed by atoms with E-state index < -0.39 is 11.6 Å².